The molecule has 2 nitrogen and oxygen atoms in total. The van der Waals surface area contributed by atoms with Crippen molar-refractivity contribution in [2.45, 2.75) is 118 Å². The van der Waals surface area contributed by atoms with Crippen molar-refractivity contribution in [3.8, 4) is 0 Å². The maximum absolute atomic E-state index is 11.4. The Morgan fingerprint density at radius 1 is 0.897 bits per heavy atom. The highest BCUT2D eigenvalue weighted by Gasteiger charge is 2.62. The van der Waals surface area contributed by atoms with Crippen LogP contribution in [0.4, 0.5) is 0 Å². The topological polar surface area (TPSA) is 40.5 Å². The van der Waals surface area contributed by atoms with E-state index in [2.05, 4.69) is 41.5 Å². The van der Waals surface area contributed by atoms with E-state index in [1.54, 1.807) is 0 Å². The van der Waals surface area contributed by atoms with Gasteiger partial charge in [-0.2, -0.15) is 0 Å². The van der Waals surface area contributed by atoms with Gasteiger partial charge in [-0.05, 0) is 116 Å². The lowest BCUT2D eigenvalue weighted by Crippen LogP contribution is -2.58. The number of aliphatic hydroxyl groups excluding tert-OH is 2. The summed E-state index contributed by atoms with van der Waals surface area (Å²) < 4.78 is 0. The van der Waals surface area contributed by atoms with E-state index in [-0.39, 0.29) is 12.2 Å². The van der Waals surface area contributed by atoms with Crippen LogP contribution in [0.2, 0.25) is 0 Å². The van der Waals surface area contributed by atoms with Gasteiger partial charge in [0.25, 0.3) is 0 Å². The summed E-state index contributed by atoms with van der Waals surface area (Å²) in [5.74, 6) is 4.05. The standard InChI is InChI=1S/C27H48O2/c1-17(9-12-25(2,3)4)20-7-8-21-24-22(11-14-27(20,21)6)26(5)13-10-19(28)15-18(26)16-23(24)29/h17-24,28-29H,7-16H2,1-6H3/t17-,18?,19-,20-,21+,22+,23-,24+,26+,27-/m1/s1. The average Bonchev–Trinajstić information content (AvgIpc) is 2.98. The summed E-state index contributed by atoms with van der Waals surface area (Å²) in [6.45, 7) is 14.8. The molecular weight excluding hydrogens is 356 g/mol. The molecule has 2 heteroatoms. The van der Waals surface area contributed by atoms with Crippen LogP contribution in [0.1, 0.15) is 106 Å². The van der Waals surface area contributed by atoms with Crippen molar-refractivity contribution in [3.63, 3.8) is 0 Å². The van der Waals surface area contributed by atoms with Crippen LogP contribution in [0.25, 0.3) is 0 Å². The van der Waals surface area contributed by atoms with Crippen LogP contribution in [0.5, 0.6) is 0 Å². The molecule has 4 aliphatic rings. The zero-order valence-corrected chi connectivity index (χ0v) is 20.1. The van der Waals surface area contributed by atoms with E-state index < -0.39 is 0 Å². The highest BCUT2D eigenvalue weighted by molar-refractivity contribution is 5.11. The summed E-state index contributed by atoms with van der Waals surface area (Å²) in [5.41, 5.74) is 1.21. The van der Waals surface area contributed by atoms with Crippen LogP contribution in [-0.2, 0) is 0 Å². The molecule has 0 saturated heterocycles. The second-order valence-corrected chi connectivity index (χ2v) is 13.5. The van der Waals surface area contributed by atoms with E-state index in [1.165, 1.54) is 44.9 Å². The molecule has 1 unspecified atom stereocenters. The molecule has 0 aliphatic heterocycles. The predicted molar refractivity (Wildman–Crippen MR) is 120 cm³/mol. The Hall–Kier alpha value is -0.0800. The smallest absolute Gasteiger partial charge is 0.0577 e. The Labute approximate surface area is 180 Å². The van der Waals surface area contributed by atoms with Crippen LogP contribution in [0.15, 0.2) is 0 Å². The van der Waals surface area contributed by atoms with Gasteiger partial charge in [0.1, 0.15) is 0 Å². The zero-order chi connectivity index (χ0) is 21.2. The number of hydrogen-bond acceptors (Lipinski definition) is 2. The monoisotopic (exact) mass is 404 g/mol. The quantitative estimate of drug-likeness (QED) is 0.568. The van der Waals surface area contributed by atoms with E-state index in [0.717, 1.165) is 31.1 Å². The van der Waals surface area contributed by atoms with Gasteiger partial charge in [0.05, 0.1) is 12.2 Å². The third-order valence-corrected chi connectivity index (χ3v) is 10.8. The fourth-order valence-electron chi connectivity index (χ4n) is 9.04. The molecule has 10 atom stereocenters. The number of aliphatic hydroxyl groups is 2. The highest BCUT2D eigenvalue weighted by atomic mass is 16.3. The SMILES string of the molecule is C[C@H](CCC(C)(C)C)[C@H]1CC[C@H]2[C@@H]3[C@H](O)CC4C[C@H](O)CC[C@]4(C)[C@H]3CC[C@]12C. The number of rotatable bonds is 3. The van der Waals surface area contributed by atoms with Gasteiger partial charge in [-0.3, -0.25) is 0 Å². The first-order chi connectivity index (χ1) is 13.5. The number of fused-ring (bicyclic) bond motifs is 5. The van der Waals surface area contributed by atoms with Crippen molar-refractivity contribution < 1.29 is 10.2 Å². The second kappa shape index (κ2) is 7.51. The van der Waals surface area contributed by atoms with E-state index in [9.17, 15) is 10.2 Å². The van der Waals surface area contributed by atoms with Gasteiger partial charge in [0.15, 0.2) is 0 Å². The zero-order valence-electron chi connectivity index (χ0n) is 20.1. The molecule has 4 aliphatic carbocycles. The van der Waals surface area contributed by atoms with Gasteiger partial charge in [-0.25, -0.2) is 0 Å². The molecule has 2 N–H and O–H groups in total. The largest absolute Gasteiger partial charge is 0.393 e. The van der Waals surface area contributed by atoms with Crippen LogP contribution < -0.4 is 0 Å². The maximum atomic E-state index is 11.4. The maximum Gasteiger partial charge on any atom is 0.0577 e. The van der Waals surface area contributed by atoms with E-state index >= 15 is 0 Å². The number of hydrogen-bond donors (Lipinski definition) is 2. The molecule has 0 aromatic heterocycles. The molecule has 4 saturated carbocycles. The molecule has 0 aromatic carbocycles. The minimum Gasteiger partial charge on any atom is -0.393 e. The summed E-state index contributed by atoms with van der Waals surface area (Å²) in [5, 5.41) is 21.6. The van der Waals surface area contributed by atoms with Gasteiger partial charge in [0, 0.05) is 0 Å². The molecular formula is C27H48O2. The third-order valence-electron chi connectivity index (χ3n) is 10.8. The summed E-state index contributed by atoms with van der Waals surface area (Å²) in [6, 6.07) is 0. The average molecular weight is 405 g/mol. The lowest BCUT2D eigenvalue weighted by atomic mass is 9.43. The van der Waals surface area contributed by atoms with Crippen LogP contribution >= 0.6 is 0 Å². The first kappa shape index (κ1) is 22.1. The van der Waals surface area contributed by atoms with Crippen LogP contribution in [0, 0.1) is 51.8 Å². The van der Waals surface area contributed by atoms with Crippen LogP contribution in [-0.4, -0.2) is 22.4 Å². The van der Waals surface area contributed by atoms with E-state index in [1.807, 2.05) is 0 Å². The molecule has 4 rings (SSSR count). The van der Waals surface area contributed by atoms with Gasteiger partial charge in [-0.1, -0.05) is 41.5 Å². The molecule has 0 heterocycles. The van der Waals surface area contributed by atoms with Gasteiger partial charge in [-0.15, -0.1) is 0 Å². The Morgan fingerprint density at radius 3 is 2.24 bits per heavy atom. The van der Waals surface area contributed by atoms with Crippen molar-refractivity contribution in [2.24, 2.45) is 51.8 Å². The fourth-order valence-corrected chi connectivity index (χ4v) is 9.04. The van der Waals surface area contributed by atoms with Crippen molar-refractivity contribution >= 4 is 0 Å². The molecule has 0 radical (unpaired) electrons. The van der Waals surface area contributed by atoms with Crippen molar-refractivity contribution in [2.75, 3.05) is 0 Å². The molecule has 0 aromatic rings. The molecule has 4 fully saturated rings. The molecule has 29 heavy (non-hydrogen) atoms. The lowest BCUT2D eigenvalue weighted by Gasteiger charge is -2.62. The first-order valence-electron chi connectivity index (χ1n) is 12.8. The van der Waals surface area contributed by atoms with E-state index in [4.69, 9.17) is 0 Å². The van der Waals surface area contributed by atoms with Gasteiger partial charge < -0.3 is 10.2 Å². The summed E-state index contributed by atoms with van der Waals surface area (Å²) in [6.07, 6.45) is 11.8. The van der Waals surface area contributed by atoms with Gasteiger partial charge in [0.2, 0.25) is 0 Å². The van der Waals surface area contributed by atoms with Crippen LogP contribution in [0.3, 0.4) is 0 Å². The Bertz CT molecular complexity index is 594. The minimum absolute atomic E-state index is 0.134. The molecule has 0 amide bonds. The van der Waals surface area contributed by atoms with Crippen molar-refractivity contribution in [3.05, 3.63) is 0 Å². The van der Waals surface area contributed by atoms with Crippen molar-refractivity contribution in [1.82, 2.24) is 0 Å². The second-order valence-electron chi connectivity index (χ2n) is 13.5. The van der Waals surface area contributed by atoms with Crippen molar-refractivity contribution in [1.29, 1.82) is 0 Å². The molecule has 168 valence electrons. The third kappa shape index (κ3) is 3.73. The summed E-state index contributed by atoms with van der Waals surface area (Å²) >= 11 is 0. The Morgan fingerprint density at radius 2 is 1.55 bits per heavy atom. The molecule has 0 bridgehead atoms. The first-order valence-corrected chi connectivity index (χ1v) is 12.8. The fraction of sp³-hybridized carbons (Fsp3) is 1.00. The molecule has 0 spiro atoms. The lowest BCUT2D eigenvalue weighted by molar-refractivity contribution is -0.174. The van der Waals surface area contributed by atoms with E-state index in [0.29, 0.717) is 39.9 Å². The Balaban J connectivity index is 1.53. The van der Waals surface area contributed by atoms with Gasteiger partial charge >= 0.3 is 0 Å². The normalized spacial score (nSPS) is 51.1. The minimum atomic E-state index is -0.142. The highest BCUT2D eigenvalue weighted by Crippen LogP contribution is 2.68. The summed E-state index contributed by atoms with van der Waals surface area (Å²) in [7, 11) is 0. The predicted octanol–water partition coefficient (Wildman–Crippen LogP) is 6.44. The summed E-state index contributed by atoms with van der Waals surface area (Å²) in [4.78, 5) is 0. The Kier molecular flexibility index (Phi) is 5.73.